The summed E-state index contributed by atoms with van der Waals surface area (Å²) < 4.78 is 0. The van der Waals surface area contributed by atoms with E-state index in [1.807, 2.05) is 18.7 Å². The van der Waals surface area contributed by atoms with Crippen LogP contribution >= 0.6 is 11.8 Å². The van der Waals surface area contributed by atoms with Crippen LogP contribution in [0.2, 0.25) is 0 Å². The molecule has 1 aliphatic rings. The van der Waals surface area contributed by atoms with Crippen molar-refractivity contribution in [3.05, 3.63) is 0 Å². The molecule has 0 aromatic rings. The van der Waals surface area contributed by atoms with Gasteiger partial charge in [-0.1, -0.05) is 0 Å². The van der Waals surface area contributed by atoms with Crippen molar-refractivity contribution < 1.29 is 14.7 Å². The predicted octanol–water partition coefficient (Wildman–Crippen LogP) is 2.07. The number of hydrogen-bond donors (Lipinski definition) is 3. The fraction of sp³-hybridized carbons (Fsp3) is 0.846. The predicted molar refractivity (Wildman–Crippen MR) is 77.5 cm³/mol. The van der Waals surface area contributed by atoms with Crippen LogP contribution in [0.4, 0.5) is 4.79 Å². The Morgan fingerprint density at radius 1 is 1.37 bits per heavy atom. The summed E-state index contributed by atoms with van der Waals surface area (Å²) in [6.07, 6.45) is 3.81. The number of carbonyl (C=O) groups excluding carboxylic acids is 1. The molecule has 0 aliphatic carbocycles. The Balaban J connectivity index is 2.07. The molecule has 19 heavy (non-hydrogen) atoms. The third-order valence-corrected chi connectivity index (χ3v) is 4.35. The first kappa shape index (κ1) is 16.1. The summed E-state index contributed by atoms with van der Waals surface area (Å²) in [6.45, 7) is 2.65. The quantitative estimate of drug-likeness (QED) is 0.670. The molecular weight excluding hydrogens is 264 g/mol. The molecule has 2 amide bonds. The lowest BCUT2D eigenvalue weighted by Crippen LogP contribution is -2.42. The highest BCUT2D eigenvalue weighted by molar-refractivity contribution is 7.99. The molecule has 1 rings (SSSR count). The number of amides is 2. The fourth-order valence-electron chi connectivity index (χ4n) is 2.09. The molecule has 3 N–H and O–H groups in total. The van der Waals surface area contributed by atoms with E-state index in [0.717, 1.165) is 6.54 Å². The van der Waals surface area contributed by atoms with E-state index in [0.29, 0.717) is 18.8 Å². The smallest absolute Gasteiger partial charge is 0.315 e. The molecule has 1 aliphatic heterocycles. The van der Waals surface area contributed by atoms with Gasteiger partial charge in [-0.05, 0) is 50.0 Å². The number of nitrogens with one attached hydrogen (secondary N) is 2. The summed E-state index contributed by atoms with van der Waals surface area (Å²) in [5.74, 6) is 2.21. The number of hydrogen-bond acceptors (Lipinski definition) is 3. The third kappa shape index (κ3) is 7.97. The maximum Gasteiger partial charge on any atom is 0.315 e. The van der Waals surface area contributed by atoms with Crippen molar-refractivity contribution in [1.82, 2.24) is 10.6 Å². The van der Waals surface area contributed by atoms with Gasteiger partial charge in [-0.15, -0.1) is 0 Å². The Bertz CT molecular complexity index is 294. The van der Waals surface area contributed by atoms with Crippen LogP contribution in [0.25, 0.3) is 0 Å². The third-order valence-electron chi connectivity index (χ3n) is 3.30. The van der Waals surface area contributed by atoms with Crippen LogP contribution in [-0.4, -0.2) is 41.2 Å². The van der Waals surface area contributed by atoms with E-state index in [2.05, 4.69) is 10.6 Å². The first-order valence-corrected chi connectivity index (χ1v) is 8.07. The van der Waals surface area contributed by atoms with Crippen molar-refractivity contribution in [2.75, 3.05) is 18.1 Å². The molecule has 5 nitrogen and oxygen atoms in total. The van der Waals surface area contributed by atoms with Crippen LogP contribution in [0.1, 0.15) is 39.0 Å². The van der Waals surface area contributed by atoms with Gasteiger partial charge in [0.05, 0.1) is 0 Å². The van der Waals surface area contributed by atoms with Gasteiger partial charge in [-0.2, -0.15) is 11.8 Å². The molecule has 0 radical (unpaired) electrons. The van der Waals surface area contributed by atoms with E-state index < -0.39 is 5.97 Å². The molecule has 110 valence electrons. The monoisotopic (exact) mass is 288 g/mol. The van der Waals surface area contributed by atoms with Crippen molar-refractivity contribution in [1.29, 1.82) is 0 Å². The second-order valence-corrected chi connectivity index (χ2v) is 6.32. The lowest BCUT2D eigenvalue weighted by atomic mass is 10.0. The van der Waals surface area contributed by atoms with Gasteiger partial charge < -0.3 is 15.7 Å². The van der Waals surface area contributed by atoms with Crippen molar-refractivity contribution in [2.45, 2.75) is 45.1 Å². The van der Waals surface area contributed by atoms with Gasteiger partial charge in [-0.3, -0.25) is 4.79 Å². The van der Waals surface area contributed by atoms with Crippen molar-refractivity contribution in [3.63, 3.8) is 0 Å². The Morgan fingerprint density at radius 2 is 2.05 bits per heavy atom. The maximum atomic E-state index is 11.6. The zero-order valence-electron chi connectivity index (χ0n) is 11.5. The van der Waals surface area contributed by atoms with Gasteiger partial charge >= 0.3 is 12.0 Å². The number of aliphatic carboxylic acids is 1. The number of carboxylic acid groups (broad SMARTS) is 1. The van der Waals surface area contributed by atoms with E-state index in [4.69, 9.17) is 5.11 Å². The van der Waals surface area contributed by atoms with Crippen LogP contribution < -0.4 is 10.6 Å². The van der Waals surface area contributed by atoms with E-state index in [9.17, 15) is 9.59 Å². The number of carbonyl (C=O) groups is 2. The molecule has 1 fully saturated rings. The summed E-state index contributed by atoms with van der Waals surface area (Å²) in [5.41, 5.74) is 0. The van der Waals surface area contributed by atoms with Crippen molar-refractivity contribution in [3.8, 4) is 0 Å². The minimum atomic E-state index is -0.785. The molecule has 0 aromatic heterocycles. The first-order valence-electron chi connectivity index (χ1n) is 6.92. The fourth-order valence-corrected chi connectivity index (χ4v) is 3.30. The second-order valence-electron chi connectivity index (χ2n) is 5.10. The minimum absolute atomic E-state index is 0.0151. The van der Waals surface area contributed by atoms with Gasteiger partial charge in [0.2, 0.25) is 0 Å². The number of carboxylic acids is 1. The number of thioether (sulfide) groups is 1. The molecule has 6 heteroatoms. The molecule has 1 atom stereocenters. The molecule has 0 aromatic carbocycles. The van der Waals surface area contributed by atoms with Crippen LogP contribution in [0.15, 0.2) is 0 Å². The maximum absolute atomic E-state index is 11.6. The van der Waals surface area contributed by atoms with Crippen molar-refractivity contribution >= 4 is 23.8 Å². The van der Waals surface area contributed by atoms with E-state index in [-0.39, 0.29) is 18.5 Å². The average molecular weight is 288 g/mol. The summed E-state index contributed by atoms with van der Waals surface area (Å²) >= 11 is 1.98. The lowest BCUT2D eigenvalue weighted by molar-refractivity contribution is -0.137. The Labute approximate surface area is 118 Å². The minimum Gasteiger partial charge on any atom is -0.481 e. The number of rotatable bonds is 7. The Hall–Kier alpha value is -0.910. The van der Waals surface area contributed by atoms with Crippen LogP contribution in [0.3, 0.4) is 0 Å². The van der Waals surface area contributed by atoms with Crippen LogP contribution in [0, 0.1) is 5.92 Å². The normalized spacial score (nSPS) is 17.7. The average Bonchev–Trinajstić information content (AvgIpc) is 2.37. The highest BCUT2D eigenvalue weighted by atomic mass is 32.2. The zero-order valence-corrected chi connectivity index (χ0v) is 12.3. The summed E-state index contributed by atoms with van der Waals surface area (Å²) in [7, 11) is 0. The highest BCUT2D eigenvalue weighted by Gasteiger charge is 2.15. The van der Waals surface area contributed by atoms with E-state index >= 15 is 0 Å². The molecule has 0 saturated carbocycles. The van der Waals surface area contributed by atoms with Crippen LogP contribution in [-0.2, 0) is 4.79 Å². The molecular formula is C13H24N2O3S. The lowest BCUT2D eigenvalue weighted by Gasteiger charge is -2.22. The van der Waals surface area contributed by atoms with E-state index in [1.165, 1.54) is 24.3 Å². The molecule has 0 spiro atoms. The molecule has 0 bridgehead atoms. The molecule has 1 unspecified atom stereocenters. The molecule has 1 saturated heterocycles. The second kappa shape index (κ2) is 9.07. The summed E-state index contributed by atoms with van der Waals surface area (Å²) in [5, 5.41) is 14.3. The Morgan fingerprint density at radius 3 is 2.68 bits per heavy atom. The highest BCUT2D eigenvalue weighted by Crippen LogP contribution is 2.21. The largest absolute Gasteiger partial charge is 0.481 e. The van der Waals surface area contributed by atoms with E-state index in [1.54, 1.807) is 0 Å². The van der Waals surface area contributed by atoms with Gasteiger partial charge in [0, 0.05) is 19.0 Å². The van der Waals surface area contributed by atoms with Crippen LogP contribution in [0.5, 0.6) is 0 Å². The first-order chi connectivity index (χ1) is 9.08. The van der Waals surface area contributed by atoms with Crippen molar-refractivity contribution in [2.24, 2.45) is 5.92 Å². The number of urea groups is 1. The summed E-state index contributed by atoms with van der Waals surface area (Å²) in [4.78, 5) is 22.0. The Kier molecular flexibility index (Phi) is 7.70. The zero-order chi connectivity index (χ0) is 14.1. The van der Waals surface area contributed by atoms with Gasteiger partial charge in [0.25, 0.3) is 0 Å². The van der Waals surface area contributed by atoms with Gasteiger partial charge in [-0.25, -0.2) is 4.79 Å². The van der Waals surface area contributed by atoms with Gasteiger partial charge in [0.1, 0.15) is 0 Å². The topological polar surface area (TPSA) is 78.4 Å². The standard InChI is InChI=1S/C13H24N2O3S/c1-10(3-2-4-12(16)17)15-13(18)14-9-11-5-7-19-8-6-11/h10-11H,2-9H2,1H3,(H,16,17)(H2,14,15,18). The SMILES string of the molecule is CC(CCCC(=O)O)NC(=O)NCC1CCSCC1. The molecule has 1 heterocycles. The summed E-state index contributed by atoms with van der Waals surface area (Å²) in [6, 6.07) is -0.123. The van der Waals surface area contributed by atoms with Gasteiger partial charge in [0.15, 0.2) is 0 Å².